The summed E-state index contributed by atoms with van der Waals surface area (Å²) in [6.45, 7) is 47.9. The van der Waals surface area contributed by atoms with E-state index in [0.717, 1.165) is 6.71 Å². The first kappa shape index (κ1) is 34.1. The first-order valence-corrected chi connectivity index (χ1v) is 41.1. The zero-order valence-electron chi connectivity index (χ0n) is 28.9. The Kier molecular flexibility index (Phi) is 9.52. The van der Waals surface area contributed by atoms with Gasteiger partial charge in [0, 0.05) is 0 Å². The summed E-state index contributed by atoms with van der Waals surface area (Å²) >= 11 is -3.51. The molecular formula is C28H65BN2Si6Sn. The maximum absolute atomic E-state index is 3.72. The molecule has 0 aliphatic carbocycles. The summed E-state index contributed by atoms with van der Waals surface area (Å²) in [5, 5.41) is 0. The summed E-state index contributed by atoms with van der Waals surface area (Å²) in [5.41, 5.74) is 3.97. The van der Waals surface area contributed by atoms with Gasteiger partial charge in [0.05, 0.1) is 0 Å². The van der Waals surface area contributed by atoms with Crippen molar-refractivity contribution in [3.05, 3.63) is 17.5 Å². The van der Waals surface area contributed by atoms with Crippen molar-refractivity contribution in [3.63, 3.8) is 0 Å². The molecule has 0 amide bonds. The first-order chi connectivity index (χ1) is 17.0. The van der Waals surface area contributed by atoms with Crippen molar-refractivity contribution in [2.45, 2.75) is 156 Å². The van der Waals surface area contributed by atoms with Gasteiger partial charge in [0.15, 0.2) is 0 Å². The summed E-state index contributed by atoms with van der Waals surface area (Å²) in [4.78, 5) is 0. The van der Waals surface area contributed by atoms with Gasteiger partial charge in [0.2, 0.25) is 0 Å². The Hall–Kier alpha value is 1.56. The molecular weight excluding hydrogens is 662 g/mol. The van der Waals surface area contributed by atoms with Gasteiger partial charge in [-0.2, -0.15) is 0 Å². The normalized spacial score (nSPS) is 27.1. The Morgan fingerprint density at radius 2 is 0.921 bits per heavy atom. The third kappa shape index (κ3) is 5.28. The van der Waals surface area contributed by atoms with E-state index >= 15 is 0 Å². The molecule has 0 atom stereocenters. The molecule has 0 aromatic heterocycles. The van der Waals surface area contributed by atoms with Gasteiger partial charge < -0.3 is 0 Å². The van der Waals surface area contributed by atoms with Gasteiger partial charge in [0.1, 0.15) is 0 Å². The van der Waals surface area contributed by atoms with Crippen molar-refractivity contribution < 1.29 is 0 Å². The van der Waals surface area contributed by atoms with Gasteiger partial charge in [0.25, 0.3) is 0 Å². The van der Waals surface area contributed by atoms with Gasteiger partial charge in [-0.1, -0.05) is 0 Å². The average Bonchev–Trinajstić information content (AvgIpc) is 3.23. The molecule has 0 aromatic carbocycles. The van der Waals surface area contributed by atoms with Crippen LogP contribution in [0.15, 0.2) is 17.5 Å². The van der Waals surface area contributed by atoms with Crippen LogP contribution in [0.3, 0.4) is 0 Å². The number of nitrogens with zero attached hydrogens (tertiary/aromatic N) is 2. The fourth-order valence-electron chi connectivity index (χ4n) is 9.83. The molecule has 0 radical (unpaired) electrons. The third-order valence-corrected chi connectivity index (χ3v) is 89.4. The molecule has 3 aliphatic heterocycles. The molecule has 3 rings (SSSR count). The van der Waals surface area contributed by atoms with Crippen LogP contribution in [0.2, 0.25) is 128 Å². The van der Waals surface area contributed by atoms with Crippen molar-refractivity contribution >= 4 is 74.7 Å². The number of allylic oxidation sites excluding steroid dienone is 2. The molecule has 2 fully saturated rings. The summed E-state index contributed by atoms with van der Waals surface area (Å²) in [7, 11) is -9.37. The Balaban J connectivity index is 2.77. The predicted molar refractivity (Wildman–Crippen MR) is 196 cm³/mol. The second-order valence-corrected chi connectivity index (χ2v) is 64.0. The van der Waals surface area contributed by atoms with E-state index in [1.54, 1.807) is 24.2 Å². The van der Waals surface area contributed by atoms with Crippen LogP contribution in [-0.4, -0.2) is 79.6 Å². The van der Waals surface area contributed by atoms with Crippen molar-refractivity contribution in [2.75, 3.05) is 0 Å². The molecule has 0 saturated carbocycles. The van der Waals surface area contributed by atoms with E-state index < -0.39 is 68.0 Å². The quantitative estimate of drug-likeness (QED) is 0.230. The Bertz CT molecular complexity index is 934. The van der Waals surface area contributed by atoms with Crippen LogP contribution in [0, 0.1) is 0 Å². The zero-order chi connectivity index (χ0) is 29.5. The fourth-order valence-corrected chi connectivity index (χ4v) is 126. The number of hydrogen-bond acceptors (Lipinski definition) is 2. The molecule has 0 bridgehead atoms. The standard InChI is InChI=1S/C16H33BSi2.2C6H16NSi2.Sn/c1-10-15(13-18(4,5)6)16(14-19(7,8)9)17(11-2)12-3;2*1-8(2)5-6-9(3,4)7-8;/h10-12H2,1-9H3;2*5-6H2,1-4H3;/q;2*-1;+2. The van der Waals surface area contributed by atoms with E-state index in [4.69, 9.17) is 0 Å². The van der Waals surface area contributed by atoms with Gasteiger partial charge in [-0.15, -0.1) is 0 Å². The first-order valence-electron chi connectivity index (χ1n) is 16.1. The topological polar surface area (TPSA) is 6.48 Å². The van der Waals surface area contributed by atoms with Crippen molar-refractivity contribution in [1.29, 1.82) is 0 Å². The van der Waals surface area contributed by atoms with Crippen LogP contribution < -0.4 is 0 Å². The summed E-state index contributed by atoms with van der Waals surface area (Å²) < 4.78 is 11.9. The molecule has 0 spiro atoms. The second kappa shape index (κ2) is 10.6. The minimum atomic E-state index is -3.51. The SMILES string of the molecule is CCB(CC)C1=[C]([Si](C)(C)C)[Sn]([N]2[Si](C)(C)CC[Si]2(C)C)([N]2[Si](C)(C)CC[Si]2(C)C)[C]([Si](C)(C)C)=C1CC. The molecule has 0 N–H and O–H groups in total. The number of hydrogen-bond donors (Lipinski definition) is 0. The summed E-state index contributed by atoms with van der Waals surface area (Å²) in [6, 6.07) is 6.23. The number of rotatable bonds is 8. The molecule has 0 unspecified atom stereocenters. The maximum atomic E-state index is 3.72. The fraction of sp³-hybridized carbons (Fsp3) is 0.857. The molecule has 2 saturated heterocycles. The molecule has 2 nitrogen and oxygen atoms in total. The van der Waals surface area contributed by atoms with Crippen molar-refractivity contribution in [3.8, 4) is 0 Å². The van der Waals surface area contributed by atoms with Crippen LogP contribution in [0.4, 0.5) is 0 Å². The van der Waals surface area contributed by atoms with E-state index in [9.17, 15) is 0 Å². The van der Waals surface area contributed by atoms with E-state index in [-0.39, 0.29) is 0 Å². The Morgan fingerprint density at radius 1 is 0.605 bits per heavy atom. The average molecular weight is 728 g/mol. The second-order valence-electron chi connectivity index (χ2n) is 17.6. The van der Waals surface area contributed by atoms with Gasteiger partial charge in [-0.25, -0.2) is 0 Å². The van der Waals surface area contributed by atoms with Gasteiger partial charge in [-0.05, 0) is 0 Å². The van der Waals surface area contributed by atoms with Crippen LogP contribution in [0.5, 0.6) is 0 Å². The van der Waals surface area contributed by atoms with Crippen LogP contribution in [0.1, 0.15) is 27.2 Å². The zero-order valence-corrected chi connectivity index (χ0v) is 37.8. The predicted octanol–water partition coefficient (Wildman–Crippen LogP) is 9.80. The van der Waals surface area contributed by atoms with Gasteiger partial charge >= 0.3 is 253 Å². The molecule has 218 valence electrons. The third-order valence-electron chi connectivity index (χ3n) is 10.6. The van der Waals surface area contributed by atoms with E-state index in [1.165, 1.54) is 19.1 Å². The molecule has 10 heteroatoms. The van der Waals surface area contributed by atoms with Gasteiger partial charge in [-0.3, -0.25) is 0 Å². The molecule has 3 heterocycles. The molecule has 38 heavy (non-hydrogen) atoms. The van der Waals surface area contributed by atoms with Crippen molar-refractivity contribution in [1.82, 2.24) is 4.91 Å². The summed E-state index contributed by atoms with van der Waals surface area (Å²) in [6.07, 6.45) is 3.94. The molecule has 3 aliphatic rings. The molecule has 0 aromatic rings. The van der Waals surface area contributed by atoms with Crippen LogP contribution in [-0.2, 0) is 0 Å². The van der Waals surface area contributed by atoms with Crippen LogP contribution >= 0.6 is 0 Å². The van der Waals surface area contributed by atoms with E-state index in [0.29, 0.717) is 0 Å². The van der Waals surface area contributed by atoms with Crippen molar-refractivity contribution in [2.24, 2.45) is 0 Å². The monoisotopic (exact) mass is 728 g/mol. The van der Waals surface area contributed by atoms with E-state index in [2.05, 4.69) is 124 Å². The van der Waals surface area contributed by atoms with E-state index in [1.807, 2.05) is 11.0 Å². The Labute approximate surface area is 250 Å². The summed E-state index contributed by atoms with van der Waals surface area (Å²) in [5.74, 6) is 0. The Morgan fingerprint density at radius 3 is 1.16 bits per heavy atom. The minimum absolute atomic E-state index is 0.769. The van der Waals surface area contributed by atoms with Crippen LogP contribution in [0.25, 0.3) is 0 Å².